The number of imidazole rings is 1. The number of nitrogens with two attached hydrogens (primary N) is 1. The number of aromatic nitrogens is 4. The van der Waals surface area contributed by atoms with Crippen LogP contribution in [-0.4, -0.2) is 56.3 Å². The molecule has 14 heteroatoms. The van der Waals surface area contributed by atoms with Crippen LogP contribution in [0, 0.1) is 0 Å². The largest absolute Gasteiger partial charge is 0.475 e. The van der Waals surface area contributed by atoms with Gasteiger partial charge in [0.1, 0.15) is 29.7 Å². The van der Waals surface area contributed by atoms with Crippen molar-refractivity contribution in [1.82, 2.24) is 19.5 Å². The maximum Gasteiger partial charge on any atom is 0.475 e. The van der Waals surface area contributed by atoms with E-state index < -0.39 is 43.8 Å². The van der Waals surface area contributed by atoms with E-state index in [1.165, 1.54) is 6.33 Å². The number of ether oxygens (including phenoxy) is 3. The zero-order valence-electron chi connectivity index (χ0n) is 20.4. The van der Waals surface area contributed by atoms with Gasteiger partial charge in [-0.3, -0.25) is 18.1 Å². The van der Waals surface area contributed by atoms with Crippen LogP contribution in [-0.2, 0) is 32.3 Å². The molecule has 0 aliphatic carbocycles. The second-order valence-electron chi connectivity index (χ2n) is 9.85. The summed E-state index contributed by atoms with van der Waals surface area (Å²) in [6, 6.07) is 7.21. The van der Waals surface area contributed by atoms with Gasteiger partial charge >= 0.3 is 7.82 Å². The summed E-state index contributed by atoms with van der Waals surface area (Å²) < 4.78 is 51.1. The maximum atomic E-state index is 13.4. The normalized spacial score (nSPS) is 35.1. The number of fused-ring (bicyclic) bond motifs is 2. The molecule has 1 aromatic carbocycles. The molecule has 0 saturated carbocycles. The molecule has 0 unspecified atom stereocenters. The maximum absolute atomic E-state index is 13.4. The molecule has 3 aromatic rings. The third-order valence-corrected chi connectivity index (χ3v) is 8.43. The number of anilines is 1. The van der Waals surface area contributed by atoms with Crippen molar-refractivity contribution < 1.29 is 32.3 Å². The summed E-state index contributed by atoms with van der Waals surface area (Å²) in [5, 5.41) is 0.563. The Balaban J connectivity index is 1.24. The summed E-state index contributed by atoms with van der Waals surface area (Å²) in [4.78, 5) is 12.7. The number of hydrogen-bond acceptors (Lipinski definition) is 11. The quantitative estimate of drug-likeness (QED) is 0.456. The standard InChI is InChI=1S/C23H27ClN5O7P/c1-22(2)34-18-16(10-32-37(30)31-8-7-15(35-37)13-5-4-6-14(24)9-13)33-21(23(18,3)36-22)29-12-28-17-19(25)26-11-27-20(17)29/h4-6,9,11-12,15-16,18,21H,7-8,10H2,1-3H3,(H2,25,26,27)/t15-,16+,18+,21+,23+,37+/m0/s1. The smallest absolute Gasteiger partial charge is 0.382 e. The minimum Gasteiger partial charge on any atom is -0.382 e. The zero-order valence-corrected chi connectivity index (χ0v) is 22.1. The van der Waals surface area contributed by atoms with Crippen LogP contribution in [0.4, 0.5) is 5.82 Å². The van der Waals surface area contributed by atoms with Crippen LogP contribution in [0.1, 0.15) is 45.1 Å². The number of phosphoric ester groups is 1. The van der Waals surface area contributed by atoms with Crippen LogP contribution in [0.15, 0.2) is 36.9 Å². The summed E-state index contributed by atoms with van der Waals surface area (Å²) in [5.41, 5.74) is 6.76. The lowest BCUT2D eigenvalue weighted by molar-refractivity contribution is -0.217. The van der Waals surface area contributed by atoms with Gasteiger partial charge in [-0.15, -0.1) is 0 Å². The van der Waals surface area contributed by atoms with Gasteiger partial charge in [-0.25, -0.2) is 19.5 Å². The summed E-state index contributed by atoms with van der Waals surface area (Å²) in [6.07, 6.45) is 1.04. The summed E-state index contributed by atoms with van der Waals surface area (Å²) in [5.74, 6) is -0.643. The lowest BCUT2D eigenvalue weighted by Crippen LogP contribution is -2.42. The molecule has 6 rings (SSSR count). The highest BCUT2D eigenvalue weighted by Crippen LogP contribution is 2.58. The highest BCUT2D eigenvalue weighted by molar-refractivity contribution is 7.48. The monoisotopic (exact) mass is 551 g/mol. The van der Waals surface area contributed by atoms with Crippen LogP contribution in [0.5, 0.6) is 0 Å². The van der Waals surface area contributed by atoms with Crippen molar-refractivity contribution in [3.63, 3.8) is 0 Å². The summed E-state index contributed by atoms with van der Waals surface area (Å²) >= 11 is 6.12. The lowest BCUT2D eigenvalue weighted by atomic mass is 9.96. The molecule has 3 aliphatic heterocycles. The average Bonchev–Trinajstić information content (AvgIpc) is 3.45. The molecule has 0 amide bonds. The van der Waals surface area contributed by atoms with E-state index in [1.54, 1.807) is 23.0 Å². The molecule has 3 saturated heterocycles. The minimum atomic E-state index is -3.89. The topological polar surface area (TPSA) is 142 Å². The second-order valence-corrected chi connectivity index (χ2v) is 11.9. The number of hydrogen-bond donors (Lipinski definition) is 1. The molecule has 0 bridgehead atoms. The van der Waals surface area contributed by atoms with Crippen LogP contribution in [0.25, 0.3) is 11.2 Å². The van der Waals surface area contributed by atoms with Crippen molar-refractivity contribution in [3.8, 4) is 0 Å². The fourth-order valence-electron chi connectivity index (χ4n) is 5.23. The number of nitrogen functional groups attached to an aromatic ring is 1. The first-order valence-electron chi connectivity index (χ1n) is 11.9. The highest BCUT2D eigenvalue weighted by atomic mass is 35.5. The van der Waals surface area contributed by atoms with Gasteiger partial charge in [-0.1, -0.05) is 23.7 Å². The number of nitrogens with zero attached hydrogens (tertiary/aromatic N) is 4. The third-order valence-electron chi connectivity index (χ3n) is 6.72. The predicted molar refractivity (Wildman–Crippen MR) is 131 cm³/mol. The van der Waals surface area contributed by atoms with E-state index in [1.807, 2.05) is 32.9 Å². The Labute approximate surface area is 217 Å². The van der Waals surface area contributed by atoms with Crippen molar-refractivity contribution >= 4 is 36.4 Å². The van der Waals surface area contributed by atoms with Gasteiger partial charge in [0.25, 0.3) is 0 Å². The van der Waals surface area contributed by atoms with E-state index in [0.29, 0.717) is 22.6 Å². The number of rotatable bonds is 5. The molecule has 0 spiro atoms. The molecular weight excluding hydrogens is 525 g/mol. The number of benzene rings is 1. The highest BCUT2D eigenvalue weighted by Gasteiger charge is 2.64. The van der Waals surface area contributed by atoms with Crippen molar-refractivity contribution in [2.45, 2.75) is 63.1 Å². The van der Waals surface area contributed by atoms with E-state index >= 15 is 0 Å². The third kappa shape index (κ3) is 4.45. The van der Waals surface area contributed by atoms with E-state index in [9.17, 15) is 4.57 Å². The van der Waals surface area contributed by atoms with Crippen molar-refractivity contribution in [2.75, 3.05) is 18.9 Å². The van der Waals surface area contributed by atoms with Crippen molar-refractivity contribution in [1.29, 1.82) is 0 Å². The van der Waals surface area contributed by atoms with E-state index in [2.05, 4.69) is 15.0 Å². The van der Waals surface area contributed by atoms with Gasteiger partial charge in [0.15, 0.2) is 23.5 Å². The first-order chi connectivity index (χ1) is 17.6. The average molecular weight is 552 g/mol. The van der Waals surface area contributed by atoms with E-state index in [4.69, 9.17) is 45.1 Å². The minimum absolute atomic E-state index is 0.126. The van der Waals surface area contributed by atoms with Crippen LogP contribution >= 0.6 is 19.4 Å². The Morgan fingerprint density at radius 1 is 1.27 bits per heavy atom. The van der Waals surface area contributed by atoms with Crippen LogP contribution in [0.3, 0.4) is 0 Å². The first-order valence-corrected chi connectivity index (χ1v) is 13.7. The molecular formula is C23H27ClN5O7P. The SMILES string of the molecule is CC1(C)O[C@@H]2[C@@H](CO[P@@]3(=O)OCC[C@@H](c4cccc(Cl)c4)O3)O[C@@H](n3cnc4c(N)ncnc43)[C@]2(C)O1. The Hall–Kier alpha value is -2.15. The van der Waals surface area contributed by atoms with Gasteiger partial charge in [-0.05, 0) is 38.5 Å². The van der Waals surface area contributed by atoms with Crippen molar-refractivity contribution in [3.05, 3.63) is 47.5 Å². The Morgan fingerprint density at radius 3 is 2.92 bits per heavy atom. The molecule has 12 nitrogen and oxygen atoms in total. The molecule has 198 valence electrons. The summed E-state index contributed by atoms with van der Waals surface area (Å²) in [6.45, 7) is 5.61. The second kappa shape index (κ2) is 8.96. The number of phosphoric acid groups is 1. The molecule has 3 aliphatic rings. The Morgan fingerprint density at radius 2 is 2.11 bits per heavy atom. The number of halogens is 1. The van der Waals surface area contributed by atoms with Crippen LogP contribution < -0.4 is 5.73 Å². The van der Waals surface area contributed by atoms with Gasteiger partial charge < -0.3 is 19.9 Å². The molecule has 6 atom stereocenters. The molecule has 3 fully saturated rings. The predicted octanol–water partition coefficient (Wildman–Crippen LogP) is 4.17. The fraction of sp³-hybridized carbons (Fsp3) is 0.522. The summed E-state index contributed by atoms with van der Waals surface area (Å²) in [7, 11) is -3.89. The van der Waals surface area contributed by atoms with E-state index in [0.717, 1.165) is 5.56 Å². The molecule has 2 N–H and O–H groups in total. The first kappa shape index (κ1) is 25.1. The van der Waals surface area contributed by atoms with Gasteiger partial charge in [-0.2, -0.15) is 0 Å². The molecule has 37 heavy (non-hydrogen) atoms. The Bertz CT molecular complexity index is 1390. The van der Waals surface area contributed by atoms with Gasteiger partial charge in [0, 0.05) is 11.4 Å². The molecule has 5 heterocycles. The van der Waals surface area contributed by atoms with Gasteiger partial charge in [0.05, 0.1) is 25.6 Å². The Kier molecular flexibility index (Phi) is 6.09. The van der Waals surface area contributed by atoms with Gasteiger partial charge in [0.2, 0.25) is 0 Å². The van der Waals surface area contributed by atoms with E-state index in [-0.39, 0.29) is 19.0 Å². The fourth-order valence-corrected chi connectivity index (χ4v) is 6.82. The molecule has 2 aromatic heterocycles. The zero-order chi connectivity index (χ0) is 26.0. The van der Waals surface area contributed by atoms with Crippen LogP contribution in [0.2, 0.25) is 5.02 Å². The van der Waals surface area contributed by atoms with Crippen molar-refractivity contribution in [2.24, 2.45) is 0 Å². The lowest BCUT2D eigenvalue weighted by Gasteiger charge is -2.30. The molecule has 0 radical (unpaired) electrons.